The summed E-state index contributed by atoms with van der Waals surface area (Å²) >= 11 is 3.43. The third kappa shape index (κ3) is 1.53. The minimum Gasteiger partial charge on any atom is -0.306 e. The molecule has 0 bridgehead atoms. The van der Waals surface area contributed by atoms with Crippen LogP contribution in [-0.2, 0) is 7.05 Å². The van der Waals surface area contributed by atoms with Crippen LogP contribution in [0.25, 0.3) is 16.9 Å². The zero-order valence-electron chi connectivity index (χ0n) is 8.63. The van der Waals surface area contributed by atoms with Gasteiger partial charge in [0.25, 0.3) is 0 Å². The first-order valence-corrected chi connectivity index (χ1v) is 5.65. The highest BCUT2D eigenvalue weighted by atomic mass is 79.9. The van der Waals surface area contributed by atoms with E-state index in [2.05, 4.69) is 26.0 Å². The van der Waals surface area contributed by atoms with Crippen LogP contribution in [0.3, 0.4) is 0 Å². The number of fused-ring (bicyclic) bond motifs is 1. The minimum absolute atomic E-state index is 0.924. The monoisotopic (exact) mass is 276 g/mol. The van der Waals surface area contributed by atoms with E-state index in [-0.39, 0.29) is 0 Å². The molecule has 0 saturated carbocycles. The maximum atomic E-state index is 4.54. The number of nitrogens with zero attached hydrogens (tertiary/aromatic N) is 4. The molecule has 80 valence electrons. The van der Waals surface area contributed by atoms with Crippen LogP contribution in [0.15, 0.2) is 41.4 Å². The lowest BCUT2D eigenvalue weighted by Gasteiger charge is -1.91. The van der Waals surface area contributed by atoms with Crippen LogP contribution in [0.2, 0.25) is 0 Å². The Morgan fingerprint density at radius 2 is 2.19 bits per heavy atom. The number of rotatable bonds is 1. The molecule has 0 aliphatic rings. The predicted molar refractivity (Wildman–Crippen MR) is 65.1 cm³/mol. The van der Waals surface area contributed by atoms with E-state index in [0.717, 1.165) is 21.4 Å². The van der Waals surface area contributed by atoms with Crippen LogP contribution in [-0.4, -0.2) is 19.2 Å². The summed E-state index contributed by atoms with van der Waals surface area (Å²) in [6, 6.07) is 3.97. The highest BCUT2D eigenvalue weighted by molar-refractivity contribution is 9.10. The van der Waals surface area contributed by atoms with Gasteiger partial charge in [-0.05, 0) is 12.1 Å². The van der Waals surface area contributed by atoms with Gasteiger partial charge in [0.05, 0.1) is 11.9 Å². The van der Waals surface area contributed by atoms with Crippen LogP contribution >= 0.6 is 15.9 Å². The molecule has 3 aromatic heterocycles. The van der Waals surface area contributed by atoms with E-state index in [0.29, 0.717) is 0 Å². The highest BCUT2D eigenvalue weighted by Crippen LogP contribution is 2.20. The van der Waals surface area contributed by atoms with Crippen LogP contribution in [0, 0.1) is 0 Å². The Bertz CT molecular complexity index is 653. The van der Waals surface area contributed by atoms with Gasteiger partial charge in [-0.1, -0.05) is 15.9 Å². The molecule has 0 unspecified atom stereocenters. The fraction of sp³-hybridized carbons (Fsp3) is 0.0909. The Hall–Kier alpha value is -1.62. The van der Waals surface area contributed by atoms with Crippen molar-refractivity contribution < 1.29 is 0 Å². The quantitative estimate of drug-likeness (QED) is 0.685. The van der Waals surface area contributed by atoms with Crippen molar-refractivity contribution in [3.8, 4) is 11.3 Å². The summed E-state index contributed by atoms with van der Waals surface area (Å²) in [6.45, 7) is 0. The molecule has 0 saturated heterocycles. The first-order chi connectivity index (χ1) is 7.72. The van der Waals surface area contributed by atoms with Gasteiger partial charge in [0.2, 0.25) is 0 Å². The second-order valence-corrected chi connectivity index (χ2v) is 4.55. The van der Waals surface area contributed by atoms with Crippen molar-refractivity contribution >= 4 is 21.6 Å². The van der Waals surface area contributed by atoms with E-state index < -0.39 is 0 Å². The zero-order chi connectivity index (χ0) is 11.1. The third-order valence-corrected chi connectivity index (χ3v) is 2.92. The van der Waals surface area contributed by atoms with E-state index in [1.165, 1.54) is 0 Å². The first kappa shape index (κ1) is 9.59. The fourth-order valence-corrected chi connectivity index (χ4v) is 1.97. The van der Waals surface area contributed by atoms with E-state index in [9.17, 15) is 0 Å². The standard InChI is InChI=1S/C11H9BrN4/c1-15-6-8(5-13-15)10-7-16-3-2-9(12)4-11(16)14-10/h2-7H,1H3. The number of halogens is 1. The smallest absolute Gasteiger partial charge is 0.138 e. The van der Waals surface area contributed by atoms with Crippen molar-refractivity contribution in [2.24, 2.45) is 7.05 Å². The molecule has 3 heterocycles. The van der Waals surface area contributed by atoms with Gasteiger partial charge in [-0.3, -0.25) is 4.68 Å². The maximum Gasteiger partial charge on any atom is 0.138 e. The average Bonchev–Trinajstić information content (AvgIpc) is 2.83. The molecular formula is C11H9BrN4. The second-order valence-electron chi connectivity index (χ2n) is 3.64. The summed E-state index contributed by atoms with van der Waals surface area (Å²) in [5.41, 5.74) is 2.89. The largest absolute Gasteiger partial charge is 0.306 e. The molecule has 0 aliphatic carbocycles. The Morgan fingerprint density at radius 3 is 2.94 bits per heavy atom. The van der Waals surface area contributed by atoms with Gasteiger partial charge in [0, 0.05) is 35.7 Å². The molecule has 0 fully saturated rings. The summed E-state index contributed by atoms with van der Waals surface area (Å²) in [4.78, 5) is 4.54. The number of pyridine rings is 1. The maximum absolute atomic E-state index is 4.54. The second kappa shape index (κ2) is 3.45. The number of hydrogen-bond acceptors (Lipinski definition) is 2. The van der Waals surface area contributed by atoms with Gasteiger partial charge >= 0.3 is 0 Å². The van der Waals surface area contributed by atoms with Gasteiger partial charge in [0.1, 0.15) is 5.65 Å². The molecule has 0 N–H and O–H groups in total. The molecule has 0 spiro atoms. The predicted octanol–water partition coefficient (Wildman–Crippen LogP) is 2.50. The van der Waals surface area contributed by atoms with Gasteiger partial charge in [-0.25, -0.2) is 4.98 Å². The molecule has 16 heavy (non-hydrogen) atoms. The van der Waals surface area contributed by atoms with Gasteiger partial charge in [0.15, 0.2) is 0 Å². The molecule has 4 nitrogen and oxygen atoms in total. The molecule has 0 aliphatic heterocycles. The Morgan fingerprint density at radius 1 is 1.31 bits per heavy atom. The van der Waals surface area contributed by atoms with Crippen molar-refractivity contribution in [1.29, 1.82) is 0 Å². The average molecular weight is 277 g/mol. The summed E-state index contributed by atoms with van der Waals surface area (Å²) in [7, 11) is 1.90. The molecule has 5 heteroatoms. The lowest BCUT2D eigenvalue weighted by Crippen LogP contribution is -1.84. The Kier molecular flexibility index (Phi) is 2.07. The summed E-state index contributed by atoms with van der Waals surface area (Å²) in [5.74, 6) is 0. The van der Waals surface area contributed by atoms with Crippen molar-refractivity contribution in [3.63, 3.8) is 0 Å². The van der Waals surface area contributed by atoms with Crippen molar-refractivity contribution in [2.75, 3.05) is 0 Å². The number of aryl methyl sites for hydroxylation is 1. The minimum atomic E-state index is 0.924. The van der Waals surface area contributed by atoms with Gasteiger partial charge in [-0.2, -0.15) is 5.10 Å². The van der Waals surface area contributed by atoms with Crippen LogP contribution in [0.4, 0.5) is 0 Å². The van der Waals surface area contributed by atoms with Gasteiger partial charge < -0.3 is 4.40 Å². The summed E-state index contributed by atoms with van der Waals surface area (Å²) < 4.78 is 4.80. The number of hydrogen-bond donors (Lipinski definition) is 0. The lowest BCUT2D eigenvalue weighted by molar-refractivity contribution is 0.768. The first-order valence-electron chi connectivity index (χ1n) is 4.86. The fourth-order valence-electron chi connectivity index (χ4n) is 1.65. The summed E-state index contributed by atoms with van der Waals surface area (Å²) in [6.07, 6.45) is 7.75. The van der Waals surface area contributed by atoms with Crippen LogP contribution < -0.4 is 0 Å². The van der Waals surface area contributed by atoms with E-state index in [1.807, 2.05) is 48.4 Å². The summed E-state index contributed by atoms with van der Waals surface area (Å²) in [5, 5.41) is 4.14. The third-order valence-electron chi connectivity index (χ3n) is 2.42. The van der Waals surface area contributed by atoms with Crippen molar-refractivity contribution in [1.82, 2.24) is 19.2 Å². The Labute approximate surface area is 101 Å². The highest BCUT2D eigenvalue weighted by Gasteiger charge is 2.05. The van der Waals surface area contributed by atoms with E-state index >= 15 is 0 Å². The SMILES string of the molecule is Cn1cc(-c2cn3ccc(Br)cc3n2)cn1. The van der Waals surface area contributed by atoms with Crippen molar-refractivity contribution in [2.45, 2.75) is 0 Å². The number of imidazole rings is 1. The zero-order valence-corrected chi connectivity index (χ0v) is 10.2. The normalized spacial score (nSPS) is 11.1. The lowest BCUT2D eigenvalue weighted by atomic mass is 10.3. The van der Waals surface area contributed by atoms with Crippen LogP contribution in [0.1, 0.15) is 0 Å². The van der Waals surface area contributed by atoms with Crippen molar-refractivity contribution in [3.05, 3.63) is 41.4 Å². The van der Waals surface area contributed by atoms with Crippen LogP contribution in [0.5, 0.6) is 0 Å². The molecule has 0 atom stereocenters. The van der Waals surface area contributed by atoms with E-state index in [4.69, 9.17) is 0 Å². The molecule has 3 rings (SSSR count). The topological polar surface area (TPSA) is 35.1 Å². The molecule has 3 aromatic rings. The molecule has 0 aromatic carbocycles. The van der Waals surface area contributed by atoms with E-state index in [1.54, 1.807) is 4.68 Å². The number of aromatic nitrogens is 4. The molecule has 0 amide bonds. The van der Waals surface area contributed by atoms with Gasteiger partial charge in [-0.15, -0.1) is 0 Å². The molecule has 0 radical (unpaired) electrons. The Balaban J connectivity index is 2.18. The molecular weight excluding hydrogens is 268 g/mol.